The molecule has 4 aromatic rings. The van der Waals surface area contributed by atoms with Crippen LogP contribution in [0, 0.1) is 0 Å². The minimum Gasteiger partial charge on any atom is -0.342 e. The zero-order chi connectivity index (χ0) is 29.3. The number of aromatic nitrogens is 7. The van der Waals surface area contributed by atoms with Crippen molar-refractivity contribution >= 4 is 29.1 Å². The zero-order valence-electron chi connectivity index (χ0n) is 20.9. The summed E-state index contributed by atoms with van der Waals surface area (Å²) in [5, 5.41) is 13.6. The van der Waals surface area contributed by atoms with Gasteiger partial charge in [-0.1, -0.05) is 23.2 Å². The number of halogens is 6. The molecule has 0 radical (unpaired) electrons. The summed E-state index contributed by atoms with van der Waals surface area (Å²) in [5.41, 5.74) is -0.609. The van der Waals surface area contributed by atoms with E-state index in [1.807, 2.05) is 5.32 Å². The third-order valence-corrected chi connectivity index (χ3v) is 6.83. The number of pyridine rings is 1. The summed E-state index contributed by atoms with van der Waals surface area (Å²) < 4.78 is 58.8. The van der Waals surface area contributed by atoms with Crippen molar-refractivity contribution in [1.29, 1.82) is 0 Å². The topological polar surface area (TPSA) is 125 Å². The van der Waals surface area contributed by atoms with Crippen LogP contribution in [0.2, 0.25) is 10.0 Å². The van der Waals surface area contributed by atoms with Crippen LogP contribution in [0.5, 0.6) is 0 Å². The molecule has 1 aliphatic rings. The van der Waals surface area contributed by atoms with Crippen LogP contribution in [-0.2, 0) is 17.9 Å². The monoisotopic (exact) mass is 613 g/mol. The van der Waals surface area contributed by atoms with E-state index < -0.39 is 42.6 Å². The summed E-state index contributed by atoms with van der Waals surface area (Å²) in [5.74, 6) is -0.740. The number of alkyl halides is 4. The fourth-order valence-corrected chi connectivity index (χ4v) is 4.59. The van der Waals surface area contributed by atoms with Gasteiger partial charge in [0.1, 0.15) is 25.1 Å². The van der Waals surface area contributed by atoms with Gasteiger partial charge < -0.3 is 10.6 Å². The Morgan fingerprint density at radius 2 is 1.90 bits per heavy atom. The van der Waals surface area contributed by atoms with E-state index >= 15 is 0 Å². The van der Waals surface area contributed by atoms with Crippen molar-refractivity contribution in [2.75, 3.05) is 6.54 Å². The molecule has 2 N–H and O–H groups in total. The number of nitrogens with zero attached hydrogens (tertiary/aromatic N) is 7. The summed E-state index contributed by atoms with van der Waals surface area (Å²) in [6.45, 7) is -1.43. The summed E-state index contributed by atoms with van der Waals surface area (Å²) in [7, 11) is 0. The van der Waals surface area contributed by atoms with E-state index in [0.717, 1.165) is 9.25 Å². The molecular weight excluding hydrogens is 593 g/mol. The zero-order valence-corrected chi connectivity index (χ0v) is 22.4. The van der Waals surface area contributed by atoms with Gasteiger partial charge in [-0.2, -0.15) is 13.2 Å². The summed E-state index contributed by atoms with van der Waals surface area (Å²) in [6, 6.07) is 5.61. The van der Waals surface area contributed by atoms with Gasteiger partial charge in [-0.25, -0.2) is 28.5 Å². The molecule has 0 bridgehead atoms. The molecule has 5 rings (SSSR count). The molecule has 3 aromatic heterocycles. The number of hydrogen-bond acceptors (Lipinski definition) is 7. The van der Waals surface area contributed by atoms with Crippen LogP contribution >= 0.6 is 23.2 Å². The molecule has 4 heterocycles. The predicted molar refractivity (Wildman–Crippen MR) is 139 cm³/mol. The summed E-state index contributed by atoms with van der Waals surface area (Å²) in [4.78, 5) is 34.2. The van der Waals surface area contributed by atoms with Crippen molar-refractivity contribution in [1.82, 2.24) is 44.7 Å². The maximum absolute atomic E-state index is 14.1. The van der Waals surface area contributed by atoms with Gasteiger partial charge in [0.2, 0.25) is 5.91 Å². The maximum atomic E-state index is 14.1. The molecule has 3 atom stereocenters. The second-order valence-corrected chi connectivity index (χ2v) is 10.0. The second-order valence-electron chi connectivity index (χ2n) is 9.19. The van der Waals surface area contributed by atoms with Gasteiger partial charge in [0.15, 0.2) is 17.5 Å². The molecule has 0 aliphatic carbocycles. The minimum absolute atomic E-state index is 0.106. The summed E-state index contributed by atoms with van der Waals surface area (Å²) >= 11 is 12.1. The van der Waals surface area contributed by atoms with Gasteiger partial charge in [0, 0.05) is 29.7 Å². The molecule has 1 aromatic carbocycles. The average Bonchev–Trinajstić information content (AvgIpc) is 3.64. The summed E-state index contributed by atoms with van der Waals surface area (Å²) in [6.07, 6.45) is -3.72. The van der Waals surface area contributed by atoms with Crippen LogP contribution in [0.1, 0.15) is 12.2 Å². The smallest absolute Gasteiger partial charge is 0.342 e. The molecular formula is C24H21Cl2F4N9O2. The number of benzene rings is 1. The van der Waals surface area contributed by atoms with Crippen molar-refractivity contribution < 1.29 is 22.4 Å². The number of nitrogens with one attached hydrogen (secondary N) is 2. The van der Waals surface area contributed by atoms with Gasteiger partial charge >= 0.3 is 11.9 Å². The number of carbonyl (C=O) groups is 1. The van der Waals surface area contributed by atoms with E-state index in [0.29, 0.717) is 15.6 Å². The third-order valence-electron chi connectivity index (χ3n) is 6.28. The van der Waals surface area contributed by atoms with Crippen molar-refractivity contribution in [3.05, 3.63) is 75.3 Å². The molecule has 1 saturated heterocycles. The Morgan fingerprint density at radius 3 is 2.56 bits per heavy atom. The van der Waals surface area contributed by atoms with Gasteiger partial charge in [-0.05, 0) is 36.4 Å². The minimum atomic E-state index is -4.94. The first-order valence-electron chi connectivity index (χ1n) is 12.2. The Balaban J connectivity index is 1.47. The fourth-order valence-electron chi connectivity index (χ4n) is 4.25. The highest BCUT2D eigenvalue weighted by atomic mass is 35.5. The highest BCUT2D eigenvalue weighted by Crippen LogP contribution is 2.25. The lowest BCUT2D eigenvalue weighted by molar-refractivity contribution is -0.164. The van der Waals surface area contributed by atoms with Crippen LogP contribution in [0.3, 0.4) is 0 Å². The molecule has 216 valence electrons. The molecule has 1 unspecified atom stereocenters. The molecule has 11 nitrogen and oxygen atoms in total. The molecule has 1 aliphatic heterocycles. The standard InChI is InChI=1S/C24H21Cl2F4N9O2/c25-14-5-3-13(4-6-14)20-36-38(11-19-33-12-39(35-19)21-16(26)2-1-7-31-21)23(41)37(20)10-18(24(28,29)30)34-22(40)17-8-15(27)9-32-17/h1-7,12,15,17-18,32H,8-11H2,(H,34,40)/t15-,17+,18?/m1/s1. The van der Waals surface area contributed by atoms with Crippen LogP contribution in [0.25, 0.3) is 17.2 Å². The van der Waals surface area contributed by atoms with E-state index in [1.54, 1.807) is 12.1 Å². The maximum Gasteiger partial charge on any atom is 0.410 e. The van der Waals surface area contributed by atoms with Crippen LogP contribution in [0.4, 0.5) is 17.6 Å². The lowest BCUT2D eigenvalue weighted by Gasteiger charge is -2.24. The average molecular weight is 614 g/mol. The van der Waals surface area contributed by atoms with Gasteiger partial charge in [-0.15, -0.1) is 10.2 Å². The Morgan fingerprint density at radius 1 is 1.15 bits per heavy atom. The van der Waals surface area contributed by atoms with Gasteiger partial charge in [0.05, 0.1) is 17.6 Å². The quantitative estimate of drug-likeness (QED) is 0.293. The Bertz CT molecular complexity index is 1600. The Kier molecular flexibility index (Phi) is 8.11. The van der Waals surface area contributed by atoms with Gasteiger partial charge in [0.25, 0.3) is 0 Å². The van der Waals surface area contributed by atoms with Gasteiger partial charge in [-0.3, -0.25) is 9.36 Å². The van der Waals surface area contributed by atoms with Crippen molar-refractivity contribution in [3.63, 3.8) is 0 Å². The molecule has 1 amide bonds. The van der Waals surface area contributed by atoms with E-state index in [9.17, 15) is 27.2 Å². The van der Waals surface area contributed by atoms with Crippen LogP contribution in [-0.4, -0.2) is 71.0 Å². The number of hydrogen-bond donors (Lipinski definition) is 2. The molecule has 41 heavy (non-hydrogen) atoms. The first-order chi connectivity index (χ1) is 19.5. The predicted octanol–water partition coefficient (Wildman–Crippen LogP) is 2.79. The van der Waals surface area contributed by atoms with Crippen molar-refractivity contribution in [3.8, 4) is 17.2 Å². The van der Waals surface area contributed by atoms with E-state index in [-0.39, 0.29) is 37.0 Å². The highest BCUT2D eigenvalue weighted by Gasteiger charge is 2.43. The number of amides is 1. The Labute approximate surface area is 239 Å². The number of rotatable bonds is 8. The first kappa shape index (κ1) is 28.7. The molecule has 0 saturated carbocycles. The normalized spacial score (nSPS) is 18.0. The third kappa shape index (κ3) is 6.41. The first-order valence-corrected chi connectivity index (χ1v) is 12.9. The highest BCUT2D eigenvalue weighted by molar-refractivity contribution is 6.32. The fraction of sp³-hybridized carbons (Fsp3) is 0.333. The molecule has 0 spiro atoms. The van der Waals surface area contributed by atoms with Crippen LogP contribution in [0.15, 0.2) is 53.7 Å². The van der Waals surface area contributed by atoms with E-state index in [4.69, 9.17) is 23.2 Å². The van der Waals surface area contributed by atoms with E-state index in [2.05, 4.69) is 25.5 Å². The lowest BCUT2D eigenvalue weighted by atomic mass is 10.1. The van der Waals surface area contributed by atoms with Crippen LogP contribution < -0.4 is 16.3 Å². The Hall–Kier alpha value is -3.82. The SMILES string of the molecule is O=C(NC(Cn1c(-c2ccc(Cl)cc2)nn(Cc2ncn(-c3ncccc3Cl)n2)c1=O)C(F)(F)F)[C@@H]1C[C@@H](F)CN1. The largest absolute Gasteiger partial charge is 0.410 e. The number of carbonyl (C=O) groups excluding carboxylic acids is 1. The lowest BCUT2D eigenvalue weighted by Crippen LogP contribution is -2.53. The second kappa shape index (κ2) is 11.6. The van der Waals surface area contributed by atoms with Crippen molar-refractivity contribution in [2.45, 2.75) is 43.9 Å². The van der Waals surface area contributed by atoms with E-state index in [1.165, 1.54) is 41.5 Å². The molecule has 1 fully saturated rings. The van der Waals surface area contributed by atoms with Crippen molar-refractivity contribution in [2.24, 2.45) is 0 Å². The molecule has 17 heteroatoms.